The van der Waals surface area contributed by atoms with Crippen LogP contribution < -0.4 is 5.32 Å². The molecule has 0 aliphatic carbocycles. The molecule has 5 heteroatoms. The van der Waals surface area contributed by atoms with Gasteiger partial charge in [-0.05, 0) is 25.1 Å². The first kappa shape index (κ1) is 12.6. The summed E-state index contributed by atoms with van der Waals surface area (Å²) in [5.74, 6) is -0.534. The molecule has 0 aliphatic rings. The lowest BCUT2D eigenvalue weighted by Gasteiger charge is -2.16. The van der Waals surface area contributed by atoms with E-state index < -0.39 is 5.82 Å². The molecule has 2 aromatic rings. The number of benzene rings is 1. The molecule has 1 unspecified atom stereocenters. The summed E-state index contributed by atoms with van der Waals surface area (Å²) in [6.45, 7) is 1.82. The van der Waals surface area contributed by atoms with E-state index in [2.05, 4.69) is 10.3 Å². The Kier molecular flexibility index (Phi) is 3.67. The van der Waals surface area contributed by atoms with Gasteiger partial charge in [-0.3, -0.25) is 0 Å². The molecule has 1 aromatic carbocycles. The van der Waals surface area contributed by atoms with Gasteiger partial charge in [-0.15, -0.1) is 0 Å². The van der Waals surface area contributed by atoms with Crippen molar-refractivity contribution in [2.75, 3.05) is 5.32 Å². The molecular formula is C13H12ClFN2O. The number of halogens is 2. The van der Waals surface area contributed by atoms with Gasteiger partial charge in [0.25, 0.3) is 0 Å². The summed E-state index contributed by atoms with van der Waals surface area (Å²) >= 11 is 5.68. The summed E-state index contributed by atoms with van der Waals surface area (Å²) in [6.07, 6.45) is 1.58. The van der Waals surface area contributed by atoms with E-state index in [0.29, 0.717) is 10.7 Å². The van der Waals surface area contributed by atoms with E-state index >= 15 is 0 Å². The molecule has 18 heavy (non-hydrogen) atoms. The van der Waals surface area contributed by atoms with Gasteiger partial charge in [-0.25, -0.2) is 9.37 Å². The van der Waals surface area contributed by atoms with Gasteiger partial charge in [0.2, 0.25) is 0 Å². The number of phenols is 1. The molecule has 0 saturated carbocycles. The molecule has 1 atom stereocenters. The molecule has 0 bridgehead atoms. The van der Waals surface area contributed by atoms with Crippen molar-refractivity contribution in [3.8, 4) is 5.75 Å². The second-order valence-corrected chi connectivity index (χ2v) is 4.33. The molecule has 94 valence electrons. The van der Waals surface area contributed by atoms with Crippen LogP contribution >= 0.6 is 11.6 Å². The molecule has 2 N–H and O–H groups in total. The second kappa shape index (κ2) is 5.23. The molecule has 0 amide bonds. The molecule has 0 radical (unpaired) electrons. The molecular weight excluding hydrogens is 255 g/mol. The third kappa shape index (κ3) is 2.90. The molecule has 1 aromatic heterocycles. The van der Waals surface area contributed by atoms with Crippen LogP contribution in [0.15, 0.2) is 36.5 Å². The standard InChI is InChI=1S/C13H12ClFN2O/c1-8(11-4-3-10(18)6-12(11)15)17-9-2-5-13(14)16-7-9/h2-8,17-18H,1H3. The van der Waals surface area contributed by atoms with Crippen LogP contribution in [0.25, 0.3) is 0 Å². The molecule has 2 rings (SSSR count). The Labute approximate surface area is 109 Å². The van der Waals surface area contributed by atoms with Crippen LogP contribution in [-0.4, -0.2) is 10.1 Å². The second-order valence-electron chi connectivity index (χ2n) is 3.94. The summed E-state index contributed by atoms with van der Waals surface area (Å²) in [6, 6.07) is 7.28. The third-order valence-electron chi connectivity index (χ3n) is 2.56. The summed E-state index contributed by atoms with van der Waals surface area (Å²) in [5.41, 5.74) is 1.22. The van der Waals surface area contributed by atoms with Crippen molar-refractivity contribution in [2.45, 2.75) is 13.0 Å². The number of hydrogen-bond acceptors (Lipinski definition) is 3. The lowest BCUT2D eigenvalue weighted by Crippen LogP contribution is -2.08. The molecule has 0 saturated heterocycles. The number of aromatic hydroxyl groups is 1. The van der Waals surface area contributed by atoms with Crippen LogP contribution in [-0.2, 0) is 0 Å². The van der Waals surface area contributed by atoms with E-state index in [0.717, 1.165) is 11.8 Å². The predicted octanol–water partition coefficient (Wildman–Crippen LogP) is 3.75. The monoisotopic (exact) mass is 266 g/mol. The Morgan fingerprint density at radius 3 is 2.72 bits per heavy atom. The highest BCUT2D eigenvalue weighted by atomic mass is 35.5. The number of hydrogen-bond donors (Lipinski definition) is 2. The zero-order valence-electron chi connectivity index (χ0n) is 9.69. The van der Waals surface area contributed by atoms with Crippen LogP contribution in [0, 0.1) is 5.82 Å². The molecule has 0 spiro atoms. The quantitative estimate of drug-likeness (QED) is 0.832. The summed E-state index contributed by atoms with van der Waals surface area (Å²) in [7, 11) is 0. The van der Waals surface area contributed by atoms with E-state index in [4.69, 9.17) is 16.7 Å². The SMILES string of the molecule is CC(Nc1ccc(Cl)nc1)c1ccc(O)cc1F. The van der Waals surface area contributed by atoms with Gasteiger partial charge >= 0.3 is 0 Å². The van der Waals surface area contributed by atoms with Crippen LogP contribution in [0.3, 0.4) is 0 Å². The van der Waals surface area contributed by atoms with Gasteiger partial charge < -0.3 is 10.4 Å². The average Bonchev–Trinajstić information content (AvgIpc) is 2.32. The van der Waals surface area contributed by atoms with Gasteiger partial charge in [-0.1, -0.05) is 17.7 Å². The number of pyridine rings is 1. The molecule has 3 nitrogen and oxygen atoms in total. The lowest BCUT2D eigenvalue weighted by atomic mass is 10.1. The molecule has 0 aliphatic heterocycles. The predicted molar refractivity (Wildman–Crippen MR) is 69.3 cm³/mol. The Hall–Kier alpha value is -1.81. The Morgan fingerprint density at radius 2 is 2.11 bits per heavy atom. The van der Waals surface area contributed by atoms with Crippen molar-refractivity contribution in [1.29, 1.82) is 0 Å². The minimum Gasteiger partial charge on any atom is -0.508 e. The molecule has 1 heterocycles. The zero-order valence-corrected chi connectivity index (χ0v) is 10.4. The maximum absolute atomic E-state index is 13.6. The Bertz CT molecular complexity index is 545. The fraction of sp³-hybridized carbons (Fsp3) is 0.154. The van der Waals surface area contributed by atoms with Crippen LogP contribution in [0.2, 0.25) is 5.15 Å². The maximum atomic E-state index is 13.6. The van der Waals surface area contributed by atoms with E-state index in [1.807, 2.05) is 6.92 Å². The lowest BCUT2D eigenvalue weighted by molar-refractivity contribution is 0.467. The number of anilines is 1. The van der Waals surface area contributed by atoms with Gasteiger partial charge in [0.05, 0.1) is 17.9 Å². The third-order valence-corrected chi connectivity index (χ3v) is 2.78. The number of aromatic nitrogens is 1. The van der Waals surface area contributed by atoms with Gasteiger partial charge in [0, 0.05) is 11.6 Å². The highest BCUT2D eigenvalue weighted by molar-refractivity contribution is 6.29. The van der Waals surface area contributed by atoms with E-state index in [9.17, 15) is 4.39 Å². The average molecular weight is 267 g/mol. The van der Waals surface area contributed by atoms with Gasteiger partial charge in [0.1, 0.15) is 16.7 Å². The van der Waals surface area contributed by atoms with Crippen molar-refractivity contribution in [3.63, 3.8) is 0 Å². The first-order valence-corrected chi connectivity index (χ1v) is 5.80. The van der Waals surface area contributed by atoms with Crippen molar-refractivity contribution in [1.82, 2.24) is 4.98 Å². The largest absolute Gasteiger partial charge is 0.508 e. The van der Waals surface area contributed by atoms with Gasteiger partial charge in [0.15, 0.2) is 0 Å². The summed E-state index contributed by atoms with van der Waals surface area (Å²) in [5, 5.41) is 12.7. The number of nitrogens with one attached hydrogen (secondary N) is 1. The van der Waals surface area contributed by atoms with E-state index in [1.165, 1.54) is 6.07 Å². The van der Waals surface area contributed by atoms with Crippen molar-refractivity contribution in [2.24, 2.45) is 0 Å². The van der Waals surface area contributed by atoms with Crippen molar-refractivity contribution < 1.29 is 9.50 Å². The minimum absolute atomic E-state index is 0.0865. The first-order valence-electron chi connectivity index (χ1n) is 5.43. The fourth-order valence-electron chi connectivity index (χ4n) is 1.66. The zero-order chi connectivity index (χ0) is 13.1. The smallest absolute Gasteiger partial charge is 0.132 e. The topological polar surface area (TPSA) is 45.2 Å². The minimum atomic E-state index is -0.447. The Morgan fingerprint density at radius 1 is 1.33 bits per heavy atom. The highest BCUT2D eigenvalue weighted by Gasteiger charge is 2.11. The van der Waals surface area contributed by atoms with Crippen molar-refractivity contribution >= 4 is 17.3 Å². The van der Waals surface area contributed by atoms with Crippen LogP contribution in [0.5, 0.6) is 5.75 Å². The summed E-state index contributed by atoms with van der Waals surface area (Å²) < 4.78 is 13.6. The summed E-state index contributed by atoms with van der Waals surface area (Å²) in [4.78, 5) is 3.93. The van der Waals surface area contributed by atoms with Crippen molar-refractivity contribution in [3.05, 3.63) is 53.1 Å². The van der Waals surface area contributed by atoms with E-state index in [1.54, 1.807) is 24.4 Å². The first-order chi connectivity index (χ1) is 8.56. The van der Waals surface area contributed by atoms with Crippen LogP contribution in [0.1, 0.15) is 18.5 Å². The van der Waals surface area contributed by atoms with Crippen LogP contribution in [0.4, 0.5) is 10.1 Å². The molecule has 0 fully saturated rings. The van der Waals surface area contributed by atoms with E-state index in [-0.39, 0.29) is 11.8 Å². The van der Waals surface area contributed by atoms with Gasteiger partial charge in [-0.2, -0.15) is 0 Å². The number of nitrogens with zero attached hydrogens (tertiary/aromatic N) is 1. The normalized spacial score (nSPS) is 12.2. The fourth-order valence-corrected chi connectivity index (χ4v) is 1.77. The highest BCUT2D eigenvalue weighted by Crippen LogP contribution is 2.24. The number of rotatable bonds is 3. The maximum Gasteiger partial charge on any atom is 0.132 e. The number of phenolic OH excluding ortho intramolecular Hbond substituents is 1. The Balaban J connectivity index is 2.16.